The highest BCUT2D eigenvalue weighted by molar-refractivity contribution is 7.28. The van der Waals surface area contributed by atoms with Crippen LogP contribution in [-0.2, 0) is 11.2 Å². The molecule has 0 bridgehead atoms. The van der Waals surface area contributed by atoms with E-state index in [9.17, 15) is 14.0 Å². The van der Waals surface area contributed by atoms with E-state index in [0.29, 0.717) is 53.0 Å². The summed E-state index contributed by atoms with van der Waals surface area (Å²) in [4.78, 5) is 32.2. The van der Waals surface area contributed by atoms with Gasteiger partial charge >= 0.3 is 0 Å². The van der Waals surface area contributed by atoms with E-state index in [0.717, 1.165) is 36.8 Å². The monoisotopic (exact) mass is 535 g/mol. The van der Waals surface area contributed by atoms with Gasteiger partial charge < -0.3 is 20.2 Å². The van der Waals surface area contributed by atoms with Gasteiger partial charge in [-0.2, -0.15) is 0 Å². The van der Waals surface area contributed by atoms with Gasteiger partial charge in [0, 0.05) is 47.5 Å². The topological polar surface area (TPSA) is 97.6 Å². The molecule has 2 aromatic heterocycles. The number of rotatable bonds is 12. The largest absolute Gasteiger partial charge is 0.494 e. The molecule has 10 heteroatoms. The highest BCUT2D eigenvalue weighted by Gasteiger charge is 2.17. The Morgan fingerprint density at radius 3 is 2.79 bits per heavy atom. The van der Waals surface area contributed by atoms with E-state index in [1.165, 1.54) is 7.11 Å². The fourth-order valence-corrected chi connectivity index (χ4v) is 4.70. The smallest absolute Gasteiger partial charge is 0.251 e. The molecule has 0 aliphatic heterocycles. The van der Waals surface area contributed by atoms with Crippen molar-refractivity contribution < 1.29 is 18.7 Å². The second-order valence-corrected chi connectivity index (χ2v) is 9.36. The Morgan fingerprint density at radius 1 is 1.18 bits per heavy atom. The molecule has 4 rings (SSSR count). The molecule has 0 fully saturated rings. The van der Waals surface area contributed by atoms with E-state index >= 15 is 0 Å². The maximum absolute atomic E-state index is 14.7. The van der Waals surface area contributed by atoms with Gasteiger partial charge in [0.05, 0.1) is 19.0 Å². The van der Waals surface area contributed by atoms with Crippen LogP contribution in [0.3, 0.4) is 0 Å². The zero-order chi connectivity index (χ0) is 27.1. The second-order valence-electron chi connectivity index (χ2n) is 8.78. The van der Waals surface area contributed by atoms with Crippen molar-refractivity contribution in [2.75, 3.05) is 19.0 Å². The number of anilines is 2. The van der Waals surface area contributed by atoms with Crippen LogP contribution in [0.15, 0.2) is 48.9 Å². The van der Waals surface area contributed by atoms with Crippen LogP contribution in [0.2, 0.25) is 0 Å². The molecule has 0 aliphatic rings. The molecule has 1 atom stereocenters. The number of aldehydes is 1. The standard InChI is InChI=1S/C28H31FN5O3P/c1-3-18-16-19(8-9-20(18)28(36)31-12-6-4-5-7-15-35)33-26-27-32-17-22(34(27)14-13-30-26)21-10-11-23(37-2)24(29)25(21)38/h8-11,13-17H,3-7,12,38H2,1-2H3,(H,30,33)(H,31,36). The SMILES string of the molecule is CCc1cc(Nc2nccn3c(-c4ccc(OC)c(F)c4P)cnc23)ccc1C(=O)NCCCCCC=O. The van der Waals surface area contributed by atoms with Crippen molar-refractivity contribution in [3.63, 3.8) is 0 Å². The van der Waals surface area contributed by atoms with Crippen molar-refractivity contribution in [2.45, 2.75) is 39.0 Å². The molecule has 2 heterocycles. The van der Waals surface area contributed by atoms with E-state index in [1.807, 2.05) is 23.5 Å². The predicted molar refractivity (Wildman–Crippen MR) is 150 cm³/mol. The molecule has 38 heavy (non-hydrogen) atoms. The first-order valence-electron chi connectivity index (χ1n) is 12.5. The maximum atomic E-state index is 14.7. The third-order valence-electron chi connectivity index (χ3n) is 6.35. The first-order chi connectivity index (χ1) is 18.5. The van der Waals surface area contributed by atoms with Crippen LogP contribution in [0.1, 0.15) is 48.5 Å². The van der Waals surface area contributed by atoms with Crippen LogP contribution in [0.4, 0.5) is 15.9 Å². The minimum Gasteiger partial charge on any atom is -0.494 e. The molecular formula is C28H31FN5O3P. The number of carbonyl (C=O) groups is 2. The lowest BCUT2D eigenvalue weighted by Crippen LogP contribution is -2.25. The molecule has 1 amide bonds. The highest BCUT2D eigenvalue weighted by Crippen LogP contribution is 2.29. The van der Waals surface area contributed by atoms with Gasteiger partial charge in [0.2, 0.25) is 0 Å². The van der Waals surface area contributed by atoms with Gasteiger partial charge in [-0.1, -0.05) is 13.3 Å². The van der Waals surface area contributed by atoms with Crippen LogP contribution in [0.5, 0.6) is 5.75 Å². The molecule has 0 saturated heterocycles. The Balaban J connectivity index is 1.54. The number of benzene rings is 2. The van der Waals surface area contributed by atoms with E-state index in [4.69, 9.17) is 4.74 Å². The Morgan fingerprint density at radius 2 is 2.03 bits per heavy atom. The quantitative estimate of drug-likeness (QED) is 0.153. The number of amides is 1. The minimum absolute atomic E-state index is 0.109. The van der Waals surface area contributed by atoms with Crippen molar-refractivity contribution in [1.82, 2.24) is 19.7 Å². The zero-order valence-corrected chi connectivity index (χ0v) is 22.6. The minimum atomic E-state index is -0.438. The fourth-order valence-electron chi connectivity index (χ4n) is 4.31. The fraction of sp³-hybridized carbons (Fsp3) is 0.286. The lowest BCUT2D eigenvalue weighted by molar-refractivity contribution is -0.107. The third-order valence-corrected chi connectivity index (χ3v) is 6.91. The van der Waals surface area contributed by atoms with Gasteiger partial charge in [-0.05, 0) is 55.2 Å². The molecule has 0 aliphatic carbocycles. The Labute approximate surface area is 223 Å². The Kier molecular flexibility index (Phi) is 9.02. The Bertz CT molecular complexity index is 1460. The van der Waals surface area contributed by atoms with Crippen molar-refractivity contribution in [1.29, 1.82) is 0 Å². The van der Waals surface area contributed by atoms with Crippen LogP contribution in [0, 0.1) is 5.82 Å². The summed E-state index contributed by atoms with van der Waals surface area (Å²) in [6.45, 7) is 2.58. The third kappa shape index (κ3) is 5.83. The first kappa shape index (κ1) is 27.2. The Hall–Kier alpha value is -3.84. The molecule has 0 radical (unpaired) electrons. The average molecular weight is 536 g/mol. The van der Waals surface area contributed by atoms with E-state index < -0.39 is 5.82 Å². The van der Waals surface area contributed by atoms with Crippen LogP contribution in [0.25, 0.3) is 16.9 Å². The number of nitrogens with zero attached hydrogens (tertiary/aromatic N) is 3. The molecule has 198 valence electrons. The summed E-state index contributed by atoms with van der Waals surface area (Å²) >= 11 is 0. The summed E-state index contributed by atoms with van der Waals surface area (Å²) in [7, 11) is 3.87. The van der Waals surface area contributed by atoms with Crippen LogP contribution in [-0.4, -0.2) is 40.2 Å². The van der Waals surface area contributed by atoms with E-state index in [-0.39, 0.29) is 11.7 Å². The molecule has 8 nitrogen and oxygen atoms in total. The molecule has 4 aromatic rings. The van der Waals surface area contributed by atoms with Gasteiger partial charge in [-0.3, -0.25) is 9.20 Å². The van der Waals surface area contributed by atoms with Gasteiger partial charge in [0.1, 0.15) is 6.29 Å². The number of nitrogens with one attached hydrogen (secondary N) is 2. The molecule has 2 N–H and O–H groups in total. The van der Waals surface area contributed by atoms with Crippen molar-refractivity contribution >= 4 is 43.9 Å². The predicted octanol–water partition coefficient (Wildman–Crippen LogP) is 4.84. The molecule has 2 aromatic carbocycles. The second kappa shape index (κ2) is 12.6. The van der Waals surface area contributed by atoms with Gasteiger partial charge in [0.25, 0.3) is 5.91 Å². The molecule has 1 unspecified atom stereocenters. The number of hydrogen-bond donors (Lipinski definition) is 2. The first-order valence-corrected chi connectivity index (χ1v) is 13.1. The number of carbonyl (C=O) groups excluding carboxylic acids is 2. The molecular weight excluding hydrogens is 504 g/mol. The highest BCUT2D eigenvalue weighted by atomic mass is 31.0. The zero-order valence-electron chi connectivity index (χ0n) is 21.5. The summed E-state index contributed by atoms with van der Waals surface area (Å²) in [5.41, 5.74) is 4.28. The van der Waals surface area contributed by atoms with Gasteiger partial charge in [-0.25, -0.2) is 14.4 Å². The molecule has 0 saturated carbocycles. The van der Waals surface area contributed by atoms with Crippen molar-refractivity contribution in [2.24, 2.45) is 0 Å². The lowest BCUT2D eigenvalue weighted by Gasteiger charge is -2.13. The molecule has 0 spiro atoms. The normalized spacial score (nSPS) is 10.9. The number of halogens is 1. The lowest BCUT2D eigenvalue weighted by atomic mass is 10.0. The summed E-state index contributed by atoms with van der Waals surface area (Å²) in [5, 5.41) is 6.67. The number of unbranched alkanes of at least 4 members (excludes halogenated alkanes) is 3. The van der Waals surface area contributed by atoms with Crippen LogP contribution >= 0.6 is 9.24 Å². The summed E-state index contributed by atoms with van der Waals surface area (Å²) in [6, 6.07) is 8.97. The summed E-state index contributed by atoms with van der Waals surface area (Å²) < 4.78 is 21.6. The summed E-state index contributed by atoms with van der Waals surface area (Å²) in [5.74, 6) is 0.163. The van der Waals surface area contributed by atoms with Crippen LogP contribution < -0.4 is 20.7 Å². The number of hydrogen-bond acceptors (Lipinski definition) is 6. The number of aromatic nitrogens is 3. The van der Waals surface area contributed by atoms with Crippen molar-refractivity contribution in [3.8, 4) is 17.0 Å². The number of imidazole rings is 1. The van der Waals surface area contributed by atoms with E-state index in [2.05, 4.69) is 29.8 Å². The maximum Gasteiger partial charge on any atom is 0.251 e. The van der Waals surface area contributed by atoms with Crippen molar-refractivity contribution in [3.05, 3.63) is 65.9 Å². The van der Waals surface area contributed by atoms with Gasteiger partial charge in [-0.15, -0.1) is 9.24 Å². The number of aryl methyl sites for hydroxylation is 1. The number of fused-ring (bicyclic) bond motifs is 1. The summed E-state index contributed by atoms with van der Waals surface area (Å²) in [6.07, 6.45) is 9.86. The average Bonchev–Trinajstić information content (AvgIpc) is 3.37. The van der Waals surface area contributed by atoms with E-state index in [1.54, 1.807) is 36.8 Å². The van der Waals surface area contributed by atoms with Gasteiger partial charge in [0.15, 0.2) is 23.0 Å². The number of ether oxygens (including phenoxy) is 1. The number of methoxy groups -OCH3 is 1.